The molecule has 4 rings (SSSR count). The number of allylic oxidation sites excluding steroid dienone is 8. The van der Waals surface area contributed by atoms with E-state index in [1.165, 1.54) is 0 Å². The van der Waals surface area contributed by atoms with Crippen LogP contribution in [-0.2, 0) is 9.53 Å². The number of aliphatic imine (C=N–C) groups is 2. The third-order valence-corrected chi connectivity index (χ3v) is 7.75. The number of guanidine groups is 1. The molecule has 1 fully saturated rings. The Labute approximate surface area is 214 Å². The van der Waals surface area contributed by atoms with Gasteiger partial charge in [0.15, 0.2) is 5.78 Å². The molecule has 2 heterocycles. The van der Waals surface area contributed by atoms with Crippen LogP contribution in [0.2, 0.25) is 0 Å². The molecule has 2 aliphatic heterocycles. The molecule has 0 aromatic carbocycles. The lowest BCUT2D eigenvalue weighted by molar-refractivity contribution is -0.112. The van der Waals surface area contributed by atoms with Crippen molar-refractivity contribution in [3.8, 4) is 0 Å². The van der Waals surface area contributed by atoms with Crippen LogP contribution < -0.4 is 0 Å². The summed E-state index contributed by atoms with van der Waals surface area (Å²) >= 11 is 1.76. The Morgan fingerprint density at radius 3 is 2.66 bits per heavy atom. The van der Waals surface area contributed by atoms with Crippen LogP contribution in [0.5, 0.6) is 0 Å². The normalized spacial score (nSPS) is 24.1. The number of hydrogen-bond acceptors (Lipinski definition) is 7. The molecular formula is C28H38N4O2S. The van der Waals surface area contributed by atoms with Crippen molar-refractivity contribution in [2.75, 3.05) is 32.8 Å². The van der Waals surface area contributed by atoms with Crippen LogP contribution in [0.4, 0.5) is 0 Å². The number of Topliss-reactive ketones (excluding diaryl/α,β-unsaturated/α-hetero) is 1. The maximum Gasteiger partial charge on any atom is 0.226 e. The number of ketones is 1. The van der Waals surface area contributed by atoms with Crippen LogP contribution in [-0.4, -0.2) is 65.5 Å². The highest BCUT2D eigenvalue weighted by atomic mass is 32.2. The molecule has 2 unspecified atom stereocenters. The molecule has 188 valence electrons. The molecule has 0 aromatic heterocycles. The van der Waals surface area contributed by atoms with Crippen molar-refractivity contribution in [2.24, 2.45) is 15.9 Å². The Hall–Kier alpha value is -2.22. The van der Waals surface area contributed by atoms with Gasteiger partial charge in [0.1, 0.15) is 11.4 Å². The highest BCUT2D eigenvalue weighted by Gasteiger charge is 2.39. The standard InChI is InChI=1S/C28H38N4O2S/c1-6-9-12-21(35-32-15-16-34-20(5)18-32)17-19(4)24-26-25(29-28(30-26)31(7-2)8-3)22-13-10-11-14-23(22)27(24)33/h9,12-14,17,19-20H,6-8,10-11,15-16,18H2,1-5H3/b12-9-,21-17+. The molecule has 0 spiro atoms. The van der Waals surface area contributed by atoms with E-state index in [1.54, 1.807) is 11.9 Å². The van der Waals surface area contributed by atoms with Crippen molar-refractivity contribution in [1.29, 1.82) is 0 Å². The topological polar surface area (TPSA) is 57.5 Å². The first-order valence-corrected chi connectivity index (χ1v) is 13.8. The number of rotatable bonds is 8. The Kier molecular flexibility index (Phi) is 8.63. The van der Waals surface area contributed by atoms with Crippen LogP contribution in [0.3, 0.4) is 0 Å². The zero-order valence-electron chi connectivity index (χ0n) is 21.7. The largest absolute Gasteiger partial charge is 0.376 e. The number of carbonyl (C=O) groups excluding carboxylic acids is 1. The van der Waals surface area contributed by atoms with E-state index in [4.69, 9.17) is 14.7 Å². The van der Waals surface area contributed by atoms with E-state index in [9.17, 15) is 4.79 Å². The summed E-state index contributed by atoms with van der Waals surface area (Å²) in [5, 5.41) is 0. The van der Waals surface area contributed by atoms with Crippen molar-refractivity contribution in [3.05, 3.63) is 57.7 Å². The monoisotopic (exact) mass is 494 g/mol. The zero-order valence-corrected chi connectivity index (χ0v) is 22.5. The van der Waals surface area contributed by atoms with Crippen LogP contribution in [0.15, 0.2) is 67.7 Å². The van der Waals surface area contributed by atoms with Crippen molar-refractivity contribution in [1.82, 2.24) is 9.21 Å². The second-order valence-electron chi connectivity index (χ2n) is 9.28. The van der Waals surface area contributed by atoms with E-state index < -0.39 is 0 Å². The van der Waals surface area contributed by atoms with Crippen LogP contribution in [0.25, 0.3) is 0 Å². The quantitative estimate of drug-likeness (QED) is 0.330. The zero-order chi connectivity index (χ0) is 24.9. The number of nitrogens with zero attached hydrogens (tertiary/aromatic N) is 4. The lowest BCUT2D eigenvalue weighted by atomic mass is 9.77. The van der Waals surface area contributed by atoms with Crippen molar-refractivity contribution >= 4 is 29.4 Å². The van der Waals surface area contributed by atoms with Gasteiger partial charge in [-0.25, -0.2) is 14.3 Å². The molecule has 0 aromatic rings. The number of hydrogen-bond donors (Lipinski definition) is 0. The van der Waals surface area contributed by atoms with E-state index in [0.717, 1.165) is 91.0 Å². The van der Waals surface area contributed by atoms with Crippen LogP contribution in [0.1, 0.15) is 53.9 Å². The molecule has 2 atom stereocenters. The Bertz CT molecular complexity index is 1060. The highest BCUT2D eigenvalue weighted by Crippen LogP contribution is 2.39. The van der Waals surface area contributed by atoms with Gasteiger partial charge in [-0.1, -0.05) is 44.2 Å². The first kappa shape index (κ1) is 25.9. The van der Waals surface area contributed by atoms with Crippen molar-refractivity contribution in [3.63, 3.8) is 0 Å². The summed E-state index contributed by atoms with van der Waals surface area (Å²) < 4.78 is 8.08. The Balaban J connectivity index is 1.73. The smallest absolute Gasteiger partial charge is 0.226 e. The summed E-state index contributed by atoms with van der Waals surface area (Å²) in [6.45, 7) is 14.8. The molecule has 1 saturated heterocycles. The van der Waals surface area contributed by atoms with Gasteiger partial charge < -0.3 is 9.64 Å². The Morgan fingerprint density at radius 2 is 1.97 bits per heavy atom. The molecule has 0 saturated carbocycles. The van der Waals surface area contributed by atoms with Gasteiger partial charge >= 0.3 is 0 Å². The van der Waals surface area contributed by atoms with Gasteiger partial charge in [-0.15, -0.1) is 0 Å². The predicted molar refractivity (Wildman–Crippen MR) is 146 cm³/mol. The fraction of sp³-hybridized carbons (Fsp3) is 0.536. The number of carbonyl (C=O) groups is 1. The summed E-state index contributed by atoms with van der Waals surface area (Å²) in [5.74, 6) is 0.730. The summed E-state index contributed by atoms with van der Waals surface area (Å²) in [4.78, 5) is 27.0. The first-order valence-electron chi connectivity index (χ1n) is 13.0. The van der Waals surface area contributed by atoms with Crippen LogP contribution >= 0.6 is 11.9 Å². The van der Waals surface area contributed by atoms with Gasteiger partial charge in [0.2, 0.25) is 5.96 Å². The summed E-state index contributed by atoms with van der Waals surface area (Å²) in [7, 11) is 0. The SMILES string of the molecule is CC/C=C\C(=C/C(C)C1=C2N=C(N(CC)CC)N=C2C2=CCCC=C2C1=O)SN1CCOC(C)C1. The first-order chi connectivity index (χ1) is 17.0. The number of morpholine rings is 1. The maximum atomic E-state index is 13.8. The molecule has 35 heavy (non-hydrogen) atoms. The van der Waals surface area contributed by atoms with Gasteiger partial charge in [0, 0.05) is 53.7 Å². The Morgan fingerprint density at radius 1 is 1.23 bits per heavy atom. The maximum absolute atomic E-state index is 13.8. The minimum absolute atomic E-state index is 0.0886. The molecular weight excluding hydrogens is 456 g/mol. The van der Waals surface area contributed by atoms with E-state index in [-0.39, 0.29) is 17.8 Å². The summed E-state index contributed by atoms with van der Waals surface area (Å²) in [6, 6.07) is 0. The lowest BCUT2D eigenvalue weighted by Gasteiger charge is -2.30. The minimum Gasteiger partial charge on any atom is -0.376 e. The average molecular weight is 495 g/mol. The van der Waals surface area contributed by atoms with E-state index >= 15 is 0 Å². The average Bonchev–Trinajstić information content (AvgIpc) is 3.28. The van der Waals surface area contributed by atoms with Gasteiger partial charge in [0.05, 0.1) is 12.7 Å². The summed E-state index contributed by atoms with van der Waals surface area (Å²) in [6.07, 6.45) is 13.8. The highest BCUT2D eigenvalue weighted by molar-refractivity contribution is 8.01. The van der Waals surface area contributed by atoms with Gasteiger partial charge in [-0.2, -0.15) is 0 Å². The molecule has 0 bridgehead atoms. The molecule has 6 nitrogen and oxygen atoms in total. The second kappa shape index (κ2) is 11.7. The molecule has 0 N–H and O–H groups in total. The predicted octanol–water partition coefficient (Wildman–Crippen LogP) is 5.48. The molecule has 0 amide bonds. The molecule has 0 radical (unpaired) electrons. The minimum atomic E-state index is -0.0886. The van der Waals surface area contributed by atoms with Gasteiger partial charge in [0.25, 0.3) is 0 Å². The van der Waals surface area contributed by atoms with E-state index in [0.29, 0.717) is 0 Å². The fourth-order valence-corrected chi connectivity index (χ4v) is 6.01. The summed E-state index contributed by atoms with van der Waals surface area (Å²) in [5.41, 5.74) is 4.15. The van der Waals surface area contributed by atoms with Crippen molar-refractivity contribution < 1.29 is 9.53 Å². The molecule has 2 aliphatic carbocycles. The fourth-order valence-electron chi connectivity index (χ4n) is 4.84. The lowest BCUT2D eigenvalue weighted by Crippen LogP contribution is -2.36. The third-order valence-electron chi connectivity index (χ3n) is 6.67. The van der Waals surface area contributed by atoms with Gasteiger partial charge in [-0.3, -0.25) is 4.79 Å². The van der Waals surface area contributed by atoms with E-state index in [2.05, 4.69) is 74.2 Å². The molecule has 7 heteroatoms. The molecule has 4 aliphatic rings. The number of fused-ring (bicyclic) bond motifs is 3. The van der Waals surface area contributed by atoms with Crippen molar-refractivity contribution in [2.45, 2.75) is 60.0 Å². The third kappa shape index (κ3) is 5.63. The number of ether oxygens (including phenoxy) is 1. The second-order valence-corrected chi connectivity index (χ2v) is 10.4. The van der Waals surface area contributed by atoms with Crippen LogP contribution in [0, 0.1) is 5.92 Å². The van der Waals surface area contributed by atoms with Gasteiger partial charge in [-0.05, 0) is 52.0 Å². The van der Waals surface area contributed by atoms with E-state index in [1.807, 2.05) is 0 Å².